The third-order valence-corrected chi connectivity index (χ3v) is 6.77. The Labute approximate surface area is 196 Å². The zero-order valence-electron chi connectivity index (χ0n) is 18.8. The number of nitrogens with one attached hydrogen (secondary N) is 1. The highest BCUT2D eigenvalue weighted by molar-refractivity contribution is 7.19. The molecule has 0 radical (unpaired) electrons. The van der Waals surface area contributed by atoms with E-state index in [-0.39, 0.29) is 5.91 Å². The lowest BCUT2D eigenvalue weighted by Crippen LogP contribution is -2.05. The highest BCUT2D eigenvalue weighted by Crippen LogP contribution is 2.42. The number of thiazole rings is 1. The predicted molar refractivity (Wildman–Crippen MR) is 130 cm³/mol. The Balaban J connectivity index is 1.64. The molecule has 1 aliphatic rings. The SMILES string of the molecule is CCCc1ccc(-c2nn(Cc3cccnc3)c3c2CCCc2nc(NC(C)=O)sc2-3)cn1. The molecule has 8 heteroatoms. The number of hydrogen-bond acceptors (Lipinski definition) is 6. The second-order valence-corrected chi connectivity index (χ2v) is 9.31. The minimum atomic E-state index is -0.109. The lowest BCUT2D eigenvalue weighted by atomic mass is 10.0. The molecule has 4 aromatic rings. The molecule has 1 aliphatic carbocycles. The maximum atomic E-state index is 11.6. The summed E-state index contributed by atoms with van der Waals surface area (Å²) in [5.41, 5.74) is 7.54. The van der Waals surface area contributed by atoms with Gasteiger partial charge in [-0.25, -0.2) is 4.98 Å². The highest BCUT2D eigenvalue weighted by atomic mass is 32.1. The van der Waals surface area contributed by atoms with E-state index in [4.69, 9.17) is 10.1 Å². The predicted octanol–water partition coefficient (Wildman–Crippen LogP) is 4.91. The van der Waals surface area contributed by atoms with Crippen LogP contribution in [0.5, 0.6) is 0 Å². The third-order valence-electron chi connectivity index (χ3n) is 5.75. The summed E-state index contributed by atoms with van der Waals surface area (Å²) in [6.07, 6.45) is 10.4. The van der Waals surface area contributed by atoms with Gasteiger partial charge in [-0.05, 0) is 49.4 Å². The Bertz CT molecular complexity index is 1280. The summed E-state index contributed by atoms with van der Waals surface area (Å²) in [4.78, 5) is 26.4. The minimum absolute atomic E-state index is 0.109. The van der Waals surface area contributed by atoms with Gasteiger partial charge >= 0.3 is 0 Å². The van der Waals surface area contributed by atoms with Crippen LogP contribution in [0.25, 0.3) is 21.8 Å². The first kappa shape index (κ1) is 21.5. The van der Waals surface area contributed by atoms with E-state index in [1.807, 2.05) is 18.5 Å². The number of fused-ring (bicyclic) bond motifs is 3. The van der Waals surface area contributed by atoms with Crippen LogP contribution in [-0.4, -0.2) is 30.6 Å². The molecular weight excluding hydrogens is 432 g/mol. The Morgan fingerprint density at radius 2 is 2.12 bits per heavy atom. The number of anilines is 1. The standard InChI is InChI=1S/C25H26N6OS/c1-3-6-19-11-10-18(14-27-19)22-20-8-4-9-21-24(33-25(29-21)28-16(2)32)23(20)31(30-22)15-17-7-5-12-26-13-17/h5,7,10-14H,3-4,6,8-9,15H2,1-2H3,(H,28,29,32). The number of carbonyl (C=O) groups is 1. The van der Waals surface area contributed by atoms with Crippen molar-refractivity contribution in [3.63, 3.8) is 0 Å². The fraction of sp³-hybridized carbons (Fsp3) is 0.320. The lowest BCUT2D eigenvalue weighted by Gasteiger charge is -2.07. The number of hydrogen-bond donors (Lipinski definition) is 1. The normalized spacial score (nSPS) is 12.7. The van der Waals surface area contributed by atoms with Gasteiger partial charge in [-0.3, -0.25) is 19.4 Å². The Morgan fingerprint density at radius 1 is 1.21 bits per heavy atom. The molecule has 5 rings (SSSR count). The van der Waals surface area contributed by atoms with E-state index in [1.54, 1.807) is 6.20 Å². The average molecular weight is 459 g/mol. The number of amides is 1. The van der Waals surface area contributed by atoms with Gasteiger partial charge in [0.1, 0.15) is 0 Å². The summed E-state index contributed by atoms with van der Waals surface area (Å²) in [5, 5.41) is 8.58. The molecule has 0 aromatic carbocycles. The summed E-state index contributed by atoms with van der Waals surface area (Å²) in [6.45, 7) is 4.29. The number of carbonyl (C=O) groups excluding carboxylic acids is 1. The van der Waals surface area contributed by atoms with Gasteiger partial charge in [-0.2, -0.15) is 5.10 Å². The molecule has 0 fully saturated rings. The summed E-state index contributed by atoms with van der Waals surface area (Å²) < 4.78 is 2.07. The van der Waals surface area contributed by atoms with Gasteiger partial charge in [0, 0.05) is 42.3 Å². The molecule has 1 N–H and O–H groups in total. The molecule has 0 aliphatic heterocycles. The lowest BCUT2D eigenvalue weighted by molar-refractivity contribution is -0.114. The van der Waals surface area contributed by atoms with Gasteiger partial charge in [0.15, 0.2) is 5.13 Å². The van der Waals surface area contributed by atoms with E-state index >= 15 is 0 Å². The molecular formula is C25H26N6OS. The van der Waals surface area contributed by atoms with Gasteiger partial charge in [0.2, 0.25) is 5.91 Å². The molecule has 33 heavy (non-hydrogen) atoms. The quantitative estimate of drug-likeness (QED) is 0.444. The van der Waals surface area contributed by atoms with Crippen LogP contribution in [0.4, 0.5) is 5.13 Å². The van der Waals surface area contributed by atoms with E-state index in [2.05, 4.69) is 45.1 Å². The molecule has 0 spiro atoms. The van der Waals surface area contributed by atoms with Crippen LogP contribution in [0.15, 0.2) is 42.9 Å². The fourth-order valence-electron chi connectivity index (χ4n) is 4.31. The first-order valence-corrected chi connectivity index (χ1v) is 12.2. The van der Waals surface area contributed by atoms with Crippen LogP contribution in [0.1, 0.15) is 49.2 Å². The van der Waals surface area contributed by atoms with Crippen molar-refractivity contribution in [3.8, 4) is 21.8 Å². The van der Waals surface area contributed by atoms with Crippen molar-refractivity contribution in [1.29, 1.82) is 0 Å². The first-order valence-electron chi connectivity index (χ1n) is 11.3. The Kier molecular flexibility index (Phi) is 6.00. The maximum absolute atomic E-state index is 11.6. The molecule has 0 saturated heterocycles. The number of aromatic nitrogens is 5. The molecule has 0 bridgehead atoms. The van der Waals surface area contributed by atoms with Crippen molar-refractivity contribution in [1.82, 2.24) is 24.7 Å². The topological polar surface area (TPSA) is 85.6 Å². The van der Waals surface area contributed by atoms with Crippen LogP contribution >= 0.6 is 11.3 Å². The van der Waals surface area contributed by atoms with Crippen molar-refractivity contribution in [3.05, 3.63) is 65.4 Å². The monoisotopic (exact) mass is 458 g/mol. The van der Waals surface area contributed by atoms with E-state index in [1.165, 1.54) is 23.8 Å². The molecule has 4 heterocycles. The highest BCUT2D eigenvalue weighted by Gasteiger charge is 2.28. The zero-order valence-corrected chi connectivity index (χ0v) is 19.7. The molecule has 0 saturated carbocycles. The van der Waals surface area contributed by atoms with Gasteiger partial charge in [-0.1, -0.05) is 30.7 Å². The molecule has 7 nitrogen and oxygen atoms in total. The van der Waals surface area contributed by atoms with Crippen molar-refractivity contribution in [2.45, 2.75) is 52.5 Å². The Morgan fingerprint density at radius 3 is 2.85 bits per heavy atom. The molecule has 0 atom stereocenters. The van der Waals surface area contributed by atoms with Gasteiger partial charge in [0.05, 0.1) is 28.5 Å². The van der Waals surface area contributed by atoms with Crippen molar-refractivity contribution in [2.24, 2.45) is 0 Å². The summed E-state index contributed by atoms with van der Waals surface area (Å²) >= 11 is 1.53. The maximum Gasteiger partial charge on any atom is 0.223 e. The first-order chi connectivity index (χ1) is 16.1. The largest absolute Gasteiger partial charge is 0.302 e. The second-order valence-electron chi connectivity index (χ2n) is 8.31. The van der Waals surface area contributed by atoms with Gasteiger partial charge in [-0.15, -0.1) is 0 Å². The van der Waals surface area contributed by atoms with Crippen molar-refractivity contribution < 1.29 is 4.79 Å². The van der Waals surface area contributed by atoms with Crippen LogP contribution in [0.2, 0.25) is 0 Å². The third kappa shape index (κ3) is 4.43. The second kappa shape index (κ2) is 9.23. The fourth-order valence-corrected chi connectivity index (χ4v) is 5.45. The van der Waals surface area contributed by atoms with Crippen LogP contribution in [-0.2, 0) is 30.6 Å². The Hall–Kier alpha value is -3.39. The zero-order chi connectivity index (χ0) is 22.8. The number of pyridine rings is 2. The van der Waals surface area contributed by atoms with Crippen LogP contribution in [0, 0.1) is 0 Å². The van der Waals surface area contributed by atoms with Crippen molar-refractivity contribution >= 4 is 22.4 Å². The smallest absolute Gasteiger partial charge is 0.223 e. The average Bonchev–Trinajstić information content (AvgIpc) is 3.30. The molecule has 168 valence electrons. The number of rotatable bonds is 6. The molecule has 0 unspecified atom stereocenters. The summed E-state index contributed by atoms with van der Waals surface area (Å²) in [6, 6.07) is 8.25. The van der Waals surface area contributed by atoms with Crippen molar-refractivity contribution in [2.75, 3.05) is 5.32 Å². The van der Waals surface area contributed by atoms with Crippen LogP contribution in [0.3, 0.4) is 0 Å². The van der Waals surface area contributed by atoms with E-state index in [0.29, 0.717) is 11.7 Å². The molecule has 4 aromatic heterocycles. The number of nitrogens with zero attached hydrogens (tertiary/aromatic N) is 5. The van der Waals surface area contributed by atoms with Crippen LogP contribution < -0.4 is 5.32 Å². The molecule has 1 amide bonds. The summed E-state index contributed by atoms with van der Waals surface area (Å²) in [5.74, 6) is -0.109. The van der Waals surface area contributed by atoms with E-state index in [0.717, 1.165) is 70.9 Å². The van der Waals surface area contributed by atoms with Gasteiger partial charge < -0.3 is 5.32 Å². The number of aryl methyl sites for hydroxylation is 2. The minimum Gasteiger partial charge on any atom is -0.302 e. The van der Waals surface area contributed by atoms with Gasteiger partial charge in [0.25, 0.3) is 0 Å². The van der Waals surface area contributed by atoms with E-state index < -0.39 is 0 Å². The summed E-state index contributed by atoms with van der Waals surface area (Å²) in [7, 11) is 0. The van der Waals surface area contributed by atoms with E-state index in [9.17, 15) is 4.79 Å².